The van der Waals surface area contributed by atoms with Crippen LogP contribution in [0.2, 0.25) is 4.34 Å². The van der Waals surface area contributed by atoms with Crippen LogP contribution in [0, 0.1) is 5.92 Å². The smallest absolute Gasteiger partial charge is 0.303 e. The van der Waals surface area contributed by atoms with Gasteiger partial charge in [0.2, 0.25) is 0 Å². The maximum absolute atomic E-state index is 10.6. The minimum Gasteiger partial charge on any atom is -0.481 e. The zero-order valence-corrected chi connectivity index (χ0v) is 12.7. The lowest BCUT2D eigenvalue weighted by Gasteiger charge is -2.35. The van der Waals surface area contributed by atoms with E-state index in [1.807, 2.05) is 6.07 Å². The maximum Gasteiger partial charge on any atom is 0.303 e. The first-order chi connectivity index (χ1) is 9.06. The number of hydrogen-bond donors (Lipinski definition) is 1. The summed E-state index contributed by atoms with van der Waals surface area (Å²) >= 11 is 7.56. The molecule has 0 radical (unpaired) electrons. The zero-order valence-electron chi connectivity index (χ0n) is 11.1. The van der Waals surface area contributed by atoms with E-state index in [2.05, 4.69) is 17.2 Å². The molecule has 1 aliphatic heterocycles. The Morgan fingerprint density at radius 3 is 2.79 bits per heavy atom. The number of carboxylic acid groups (broad SMARTS) is 1. The number of rotatable bonds is 5. The molecule has 1 unspecified atom stereocenters. The molecule has 0 aromatic carbocycles. The van der Waals surface area contributed by atoms with Crippen LogP contribution in [0.1, 0.15) is 44.2 Å². The molecule has 1 atom stereocenters. The van der Waals surface area contributed by atoms with E-state index < -0.39 is 5.97 Å². The highest BCUT2D eigenvalue weighted by molar-refractivity contribution is 7.14. The third-order valence-electron chi connectivity index (χ3n) is 4.03. The molecule has 0 aliphatic carbocycles. The fraction of sp³-hybridized carbons (Fsp3) is 0.643. The molecular formula is C14H20ClNO2S. The Hall–Kier alpha value is -0.580. The molecule has 1 aromatic rings. The van der Waals surface area contributed by atoms with Crippen LogP contribution in [0.3, 0.4) is 0 Å². The highest BCUT2D eigenvalue weighted by atomic mass is 35.5. The van der Waals surface area contributed by atoms with Gasteiger partial charge in [-0.3, -0.25) is 9.69 Å². The Morgan fingerprint density at radius 1 is 1.58 bits per heavy atom. The monoisotopic (exact) mass is 301 g/mol. The number of nitrogens with zero attached hydrogens (tertiary/aromatic N) is 1. The SMILES string of the molecule is CC(c1csc(Cl)c1)N1CCC(CCC(=O)O)CC1. The van der Waals surface area contributed by atoms with Crippen molar-refractivity contribution in [2.24, 2.45) is 5.92 Å². The number of halogens is 1. The fourth-order valence-electron chi connectivity index (χ4n) is 2.71. The molecule has 1 fully saturated rings. The quantitative estimate of drug-likeness (QED) is 0.892. The van der Waals surface area contributed by atoms with Crippen molar-refractivity contribution in [3.05, 3.63) is 21.3 Å². The summed E-state index contributed by atoms with van der Waals surface area (Å²) in [5.74, 6) is -0.102. The van der Waals surface area contributed by atoms with Gasteiger partial charge in [0.1, 0.15) is 0 Å². The molecule has 5 heteroatoms. The third kappa shape index (κ3) is 4.20. The maximum atomic E-state index is 10.6. The zero-order chi connectivity index (χ0) is 13.8. The van der Waals surface area contributed by atoms with Crippen molar-refractivity contribution in [2.75, 3.05) is 13.1 Å². The number of likely N-dealkylation sites (tertiary alicyclic amines) is 1. The van der Waals surface area contributed by atoms with Gasteiger partial charge in [-0.05, 0) is 62.2 Å². The van der Waals surface area contributed by atoms with Crippen molar-refractivity contribution in [1.82, 2.24) is 4.90 Å². The predicted molar refractivity (Wildman–Crippen MR) is 78.9 cm³/mol. The molecule has 1 N–H and O–H groups in total. The number of hydrogen-bond acceptors (Lipinski definition) is 3. The van der Waals surface area contributed by atoms with E-state index in [1.165, 1.54) is 5.56 Å². The Labute approximate surface area is 123 Å². The largest absolute Gasteiger partial charge is 0.481 e. The standard InChI is InChI=1S/C14H20ClNO2S/c1-10(12-8-13(15)19-9-12)16-6-4-11(5-7-16)2-3-14(17)18/h8-11H,2-7H2,1H3,(H,17,18). The summed E-state index contributed by atoms with van der Waals surface area (Å²) in [6.45, 7) is 4.33. The van der Waals surface area contributed by atoms with Gasteiger partial charge >= 0.3 is 5.97 Å². The lowest BCUT2D eigenvalue weighted by Crippen LogP contribution is -2.35. The topological polar surface area (TPSA) is 40.5 Å². The molecule has 106 valence electrons. The van der Waals surface area contributed by atoms with Gasteiger partial charge in [0.25, 0.3) is 0 Å². The minimum atomic E-state index is -0.677. The summed E-state index contributed by atoms with van der Waals surface area (Å²) in [6.07, 6.45) is 3.34. The fourth-order valence-corrected chi connectivity index (χ4v) is 3.69. The molecule has 0 amide bonds. The summed E-state index contributed by atoms with van der Waals surface area (Å²) in [5.41, 5.74) is 1.29. The van der Waals surface area contributed by atoms with E-state index in [-0.39, 0.29) is 0 Å². The molecule has 0 spiro atoms. The average Bonchev–Trinajstić information content (AvgIpc) is 2.83. The lowest BCUT2D eigenvalue weighted by atomic mass is 9.91. The van der Waals surface area contributed by atoms with Gasteiger partial charge in [0, 0.05) is 12.5 Å². The number of aliphatic carboxylic acids is 1. The second kappa shape index (κ2) is 6.73. The molecular weight excluding hydrogens is 282 g/mol. The van der Waals surface area contributed by atoms with Gasteiger partial charge in [0.05, 0.1) is 4.34 Å². The van der Waals surface area contributed by atoms with E-state index in [9.17, 15) is 4.79 Å². The number of thiophene rings is 1. The van der Waals surface area contributed by atoms with Crippen LogP contribution in [-0.2, 0) is 4.79 Å². The van der Waals surface area contributed by atoms with E-state index >= 15 is 0 Å². The highest BCUT2D eigenvalue weighted by Crippen LogP contribution is 2.31. The molecule has 19 heavy (non-hydrogen) atoms. The molecule has 3 nitrogen and oxygen atoms in total. The van der Waals surface area contributed by atoms with Crippen molar-refractivity contribution in [1.29, 1.82) is 0 Å². The van der Waals surface area contributed by atoms with Crippen molar-refractivity contribution < 1.29 is 9.90 Å². The summed E-state index contributed by atoms with van der Waals surface area (Å²) < 4.78 is 0.846. The molecule has 1 aromatic heterocycles. The summed E-state index contributed by atoms with van der Waals surface area (Å²) in [5, 5.41) is 10.8. The van der Waals surface area contributed by atoms with Gasteiger partial charge in [-0.15, -0.1) is 11.3 Å². The normalized spacial score (nSPS) is 19.5. The van der Waals surface area contributed by atoms with Gasteiger partial charge < -0.3 is 5.11 Å². The summed E-state index contributed by atoms with van der Waals surface area (Å²) in [7, 11) is 0. The Kier molecular flexibility index (Phi) is 5.25. The van der Waals surface area contributed by atoms with E-state index in [0.717, 1.165) is 36.7 Å². The van der Waals surface area contributed by atoms with Crippen LogP contribution in [0.25, 0.3) is 0 Å². The predicted octanol–water partition coefficient (Wildman–Crippen LogP) is 4.04. The first-order valence-corrected chi connectivity index (χ1v) is 8.02. The van der Waals surface area contributed by atoms with Gasteiger partial charge in [-0.1, -0.05) is 11.6 Å². The number of carboxylic acids is 1. The number of piperidine rings is 1. The van der Waals surface area contributed by atoms with E-state index in [1.54, 1.807) is 11.3 Å². The van der Waals surface area contributed by atoms with Crippen molar-refractivity contribution in [3.8, 4) is 0 Å². The molecule has 2 rings (SSSR count). The first-order valence-electron chi connectivity index (χ1n) is 6.76. The summed E-state index contributed by atoms with van der Waals surface area (Å²) in [6, 6.07) is 2.46. The first kappa shape index (κ1) is 14.8. The molecule has 1 aliphatic rings. The van der Waals surface area contributed by atoms with Crippen LogP contribution in [0.4, 0.5) is 0 Å². The highest BCUT2D eigenvalue weighted by Gasteiger charge is 2.24. The molecule has 1 saturated heterocycles. The summed E-state index contributed by atoms with van der Waals surface area (Å²) in [4.78, 5) is 13.0. The molecule has 0 saturated carbocycles. The molecule has 0 bridgehead atoms. The van der Waals surface area contributed by atoms with Crippen LogP contribution >= 0.6 is 22.9 Å². The molecule has 2 heterocycles. The third-order valence-corrected chi connectivity index (χ3v) is 5.14. The lowest BCUT2D eigenvalue weighted by molar-refractivity contribution is -0.137. The number of carbonyl (C=O) groups is 1. The Morgan fingerprint density at radius 2 is 2.26 bits per heavy atom. The second-order valence-electron chi connectivity index (χ2n) is 5.27. The van der Waals surface area contributed by atoms with Crippen LogP contribution < -0.4 is 0 Å². The van der Waals surface area contributed by atoms with E-state index in [0.29, 0.717) is 18.4 Å². The van der Waals surface area contributed by atoms with Crippen LogP contribution in [0.15, 0.2) is 11.4 Å². The Balaban J connectivity index is 1.81. The van der Waals surface area contributed by atoms with Crippen LogP contribution in [-0.4, -0.2) is 29.1 Å². The van der Waals surface area contributed by atoms with Crippen LogP contribution in [0.5, 0.6) is 0 Å². The van der Waals surface area contributed by atoms with Gasteiger partial charge in [0.15, 0.2) is 0 Å². The van der Waals surface area contributed by atoms with E-state index in [4.69, 9.17) is 16.7 Å². The second-order valence-corrected chi connectivity index (χ2v) is 6.81. The van der Waals surface area contributed by atoms with Gasteiger partial charge in [-0.25, -0.2) is 0 Å². The van der Waals surface area contributed by atoms with Gasteiger partial charge in [-0.2, -0.15) is 0 Å². The average molecular weight is 302 g/mol. The van der Waals surface area contributed by atoms with Crippen molar-refractivity contribution in [2.45, 2.75) is 38.6 Å². The Bertz CT molecular complexity index is 427. The van der Waals surface area contributed by atoms with Crippen molar-refractivity contribution in [3.63, 3.8) is 0 Å². The minimum absolute atomic E-state index is 0.306. The van der Waals surface area contributed by atoms with Crippen molar-refractivity contribution >= 4 is 28.9 Å².